The van der Waals surface area contributed by atoms with Crippen LogP contribution in [0.15, 0.2) is 22.6 Å². The van der Waals surface area contributed by atoms with Gasteiger partial charge in [0.15, 0.2) is 6.61 Å². The van der Waals surface area contributed by atoms with Gasteiger partial charge < -0.3 is 14.3 Å². The fourth-order valence-electron chi connectivity index (χ4n) is 2.33. The van der Waals surface area contributed by atoms with E-state index in [1.165, 1.54) is 17.5 Å². The Kier molecular flexibility index (Phi) is 3.37. The van der Waals surface area contributed by atoms with Crippen LogP contribution in [0, 0.1) is 0 Å². The Labute approximate surface area is 115 Å². The van der Waals surface area contributed by atoms with E-state index in [4.69, 9.17) is 14.3 Å². The van der Waals surface area contributed by atoms with Gasteiger partial charge in [0.1, 0.15) is 12.2 Å². The third-order valence-corrected chi connectivity index (χ3v) is 3.24. The van der Waals surface area contributed by atoms with Crippen LogP contribution in [0.1, 0.15) is 29.3 Å². The zero-order valence-corrected chi connectivity index (χ0v) is 10.8. The number of aryl methyl sites for hydroxylation is 2. The second kappa shape index (κ2) is 5.32. The first-order chi connectivity index (χ1) is 9.70. The van der Waals surface area contributed by atoms with Gasteiger partial charge in [0.25, 0.3) is 5.89 Å². The van der Waals surface area contributed by atoms with E-state index in [1.807, 2.05) is 12.1 Å². The van der Waals surface area contributed by atoms with Gasteiger partial charge in [-0.25, -0.2) is 0 Å². The molecule has 2 aromatic rings. The summed E-state index contributed by atoms with van der Waals surface area (Å²) in [7, 11) is 0. The zero-order valence-electron chi connectivity index (χ0n) is 10.8. The summed E-state index contributed by atoms with van der Waals surface area (Å²) in [5.74, 6) is 0.134. The lowest BCUT2D eigenvalue weighted by molar-refractivity contribution is -0.136. The summed E-state index contributed by atoms with van der Waals surface area (Å²) >= 11 is 0. The molecule has 6 nitrogen and oxygen atoms in total. The Morgan fingerprint density at radius 1 is 1.25 bits per heavy atom. The number of carbonyl (C=O) groups is 1. The summed E-state index contributed by atoms with van der Waals surface area (Å²) in [6.07, 6.45) is 3.15. The smallest absolute Gasteiger partial charge is 0.312 e. The van der Waals surface area contributed by atoms with E-state index in [0.29, 0.717) is 0 Å². The summed E-state index contributed by atoms with van der Waals surface area (Å²) in [5, 5.41) is 16.0. The number of rotatable bonds is 5. The Morgan fingerprint density at radius 2 is 2.05 bits per heavy atom. The molecule has 0 spiro atoms. The number of hydrogen-bond acceptors (Lipinski definition) is 5. The molecule has 0 saturated heterocycles. The molecule has 0 fully saturated rings. The molecule has 1 N–H and O–H groups in total. The summed E-state index contributed by atoms with van der Waals surface area (Å²) in [4.78, 5) is 10.5. The minimum absolute atomic E-state index is 0.0880. The number of fused-ring (bicyclic) bond motifs is 1. The Bertz CT molecular complexity index is 636. The molecular formula is C14H14N2O4. The van der Waals surface area contributed by atoms with Gasteiger partial charge in [0, 0.05) is 0 Å². The molecule has 0 unspecified atom stereocenters. The highest BCUT2D eigenvalue weighted by Gasteiger charge is 2.13. The average Bonchev–Trinajstić information content (AvgIpc) is 3.03. The lowest BCUT2D eigenvalue weighted by Crippen LogP contribution is -1.99. The molecule has 20 heavy (non-hydrogen) atoms. The van der Waals surface area contributed by atoms with Gasteiger partial charge in [-0.3, -0.25) is 4.79 Å². The number of carboxylic acids is 1. The molecule has 1 aliphatic carbocycles. The van der Waals surface area contributed by atoms with E-state index in [0.717, 1.165) is 18.6 Å². The second-order valence-electron chi connectivity index (χ2n) is 4.73. The number of carboxylic acid groups (broad SMARTS) is 1. The Morgan fingerprint density at radius 3 is 2.90 bits per heavy atom. The van der Waals surface area contributed by atoms with Crippen LogP contribution in [-0.4, -0.2) is 21.3 Å². The number of aliphatic carboxylic acids is 1. The first-order valence-corrected chi connectivity index (χ1v) is 6.48. The second-order valence-corrected chi connectivity index (χ2v) is 4.73. The SMILES string of the molecule is O=C(O)Cc1nnc(COc2ccc3c(c2)CCC3)o1. The normalized spacial score (nSPS) is 13.2. The molecule has 104 valence electrons. The molecule has 0 radical (unpaired) electrons. The Balaban J connectivity index is 1.61. The lowest BCUT2D eigenvalue weighted by Gasteiger charge is -2.05. The number of nitrogens with zero attached hydrogens (tertiary/aromatic N) is 2. The zero-order chi connectivity index (χ0) is 13.9. The molecule has 1 aromatic heterocycles. The minimum atomic E-state index is -1.00. The average molecular weight is 274 g/mol. The van der Waals surface area contributed by atoms with Gasteiger partial charge in [-0.1, -0.05) is 6.07 Å². The summed E-state index contributed by atoms with van der Waals surface area (Å²) in [5.41, 5.74) is 2.72. The highest BCUT2D eigenvalue weighted by Crippen LogP contribution is 2.26. The fraction of sp³-hybridized carbons (Fsp3) is 0.357. The summed E-state index contributed by atoms with van der Waals surface area (Å²) in [6.45, 7) is 0.144. The maximum absolute atomic E-state index is 10.5. The molecular weight excluding hydrogens is 260 g/mol. The van der Waals surface area contributed by atoms with E-state index in [-0.39, 0.29) is 24.8 Å². The molecule has 1 heterocycles. The van der Waals surface area contributed by atoms with Crippen molar-refractivity contribution in [2.24, 2.45) is 0 Å². The third-order valence-electron chi connectivity index (χ3n) is 3.24. The van der Waals surface area contributed by atoms with Crippen molar-refractivity contribution in [2.75, 3.05) is 0 Å². The monoisotopic (exact) mass is 274 g/mol. The topological polar surface area (TPSA) is 85.5 Å². The van der Waals surface area contributed by atoms with E-state index in [2.05, 4.69) is 16.3 Å². The van der Waals surface area contributed by atoms with Crippen LogP contribution in [0.25, 0.3) is 0 Å². The van der Waals surface area contributed by atoms with Crippen molar-refractivity contribution < 1.29 is 19.1 Å². The molecule has 1 aliphatic rings. The number of hydrogen-bond donors (Lipinski definition) is 1. The molecule has 0 bridgehead atoms. The maximum Gasteiger partial charge on any atom is 0.312 e. The van der Waals surface area contributed by atoms with Gasteiger partial charge in [0.05, 0.1) is 0 Å². The van der Waals surface area contributed by atoms with Crippen LogP contribution < -0.4 is 4.74 Å². The first-order valence-electron chi connectivity index (χ1n) is 6.48. The van der Waals surface area contributed by atoms with E-state index >= 15 is 0 Å². The van der Waals surface area contributed by atoms with E-state index < -0.39 is 5.97 Å². The standard InChI is InChI=1S/C14H14N2O4/c17-14(18)7-12-15-16-13(20-12)8-19-11-5-4-9-2-1-3-10(9)6-11/h4-6H,1-3,7-8H2,(H,17,18). The largest absolute Gasteiger partial charge is 0.484 e. The first kappa shape index (κ1) is 12.7. The van der Waals surface area contributed by atoms with E-state index in [9.17, 15) is 4.79 Å². The van der Waals surface area contributed by atoms with Crippen molar-refractivity contribution in [3.8, 4) is 5.75 Å². The molecule has 0 saturated carbocycles. The predicted octanol–water partition coefficient (Wildman–Crippen LogP) is 1.76. The lowest BCUT2D eigenvalue weighted by atomic mass is 10.1. The van der Waals surface area contributed by atoms with Crippen molar-refractivity contribution in [3.63, 3.8) is 0 Å². The van der Waals surface area contributed by atoms with Crippen LogP contribution in [0.3, 0.4) is 0 Å². The maximum atomic E-state index is 10.5. The third kappa shape index (κ3) is 2.79. The Hall–Kier alpha value is -2.37. The quantitative estimate of drug-likeness (QED) is 0.894. The molecule has 6 heteroatoms. The summed E-state index contributed by atoms with van der Waals surface area (Å²) < 4.78 is 10.8. The number of ether oxygens (including phenoxy) is 1. The predicted molar refractivity (Wildman–Crippen MR) is 68.4 cm³/mol. The van der Waals surface area contributed by atoms with Gasteiger partial charge in [0.2, 0.25) is 5.89 Å². The molecule has 1 aromatic carbocycles. The molecule has 3 rings (SSSR count). The molecule has 0 atom stereocenters. The van der Waals surface area contributed by atoms with Crippen molar-refractivity contribution in [3.05, 3.63) is 41.1 Å². The summed E-state index contributed by atoms with van der Waals surface area (Å²) in [6, 6.07) is 6.05. The van der Waals surface area contributed by atoms with Crippen molar-refractivity contribution in [1.29, 1.82) is 0 Å². The van der Waals surface area contributed by atoms with E-state index in [1.54, 1.807) is 0 Å². The highest BCUT2D eigenvalue weighted by atomic mass is 16.5. The van der Waals surface area contributed by atoms with Crippen LogP contribution in [-0.2, 0) is 30.7 Å². The fourth-order valence-corrected chi connectivity index (χ4v) is 2.33. The van der Waals surface area contributed by atoms with Crippen molar-refractivity contribution in [2.45, 2.75) is 32.3 Å². The number of aromatic nitrogens is 2. The van der Waals surface area contributed by atoms with Crippen molar-refractivity contribution in [1.82, 2.24) is 10.2 Å². The van der Waals surface area contributed by atoms with Crippen LogP contribution >= 0.6 is 0 Å². The highest BCUT2D eigenvalue weighted by molar-refractivity contribution is 5.68. The van der Waals surface area contributed by atoms with Gasteiger partial charge in [-0.2, -0.15) is 0 Å². The number of benzene rings is 1. The molecule has 0 amide bonds. The van der Waals surface area contributed by atoms with Crippen LogP contribution in [0.5, 0.6) is 5.75 Å². The van der Waals surface area contributed by atoms with Crippen LogP contribution in [0.2, 0.25) is 0 Å². The molecule has 0 aliphatic heterocycles. The minimum Gasteiger partial charge on any atom is -0.484 e. The van der Waals surface area contributed by atoms with Crippen molar-refractivity contribution >= 4 is 5.97 Å². The van der Waals surface area contributed by atoms with Gasteiger partial charge in [-0.05, 0) is 42.5 Å². The van der Waals surface area contributed by atoms with Crippen LogP contribution in [0.4, 0.5) is 0 Å². The van der Waals surface area contributed by atoms with Gasteiger partial charge >= 0.3 is 5.97 Å². The van der Waals surface area contributed by atoms with Gasteiger partial charge in [-0.15, -0.1) is 10.2 Å².